The van der Waals surface area contributed by atoms with Gasteiger partial charge in [0.05, 0.1) is 0 Å². The third-order valence-corrected chi connectivity index (χ3v) is 11.3. The quantitative estimate of drug-likeness (QED) is 0.293. The molecule has 9 atom stereocenters. The van der Waals surface area contributed by atoms with Crippen LogP contribution in [0.4, 0.5) is 0 Å². The van der Waals surface area contributed by atoms with Crippen LogP contribution in [0.3, 0.4) is 0 Å². The fraction of sp³-hybridized carbons (Fsp3) is 0.903. The summed E-state index contributed by atoms with van der Waals surface area (Å²) in [6.07, 6.45) is 17.1. The molecule has 0 aromatic carbocycles. The number of allylic oxidation sites excluding steroid dienone is 1. The zero-order valence-corrected chi connectivity index (χ0v) is 23.3. The Labute approximate surface area is 210 Å². The van der Waals surface area contributed by atoms with E-state index in [0.29, 0.717) is 10.8 Å². The standard InChI is InChI=1S/C31H53NO2/c1-20(2)9-8-10-21(3)26-13-14-27-25-12-11-23-19-24(34-29(33)22(4)32-7)15-17-30(23,5)28(25)16-18-31(26,27)6/h11,20-22,24-28,32H,8-10,12-19H2,1-7H3/t21-,22?,24?,25?,26-,27?,28?,30?,31?/m1/s1. The molecule has 0 aliphatic heterocycles. The number of nitrogens with one attached hydrogen (secondary N) is 1. The Morgan fingerprint density at radius 3 is 2.53 bits per heavy atom. The normalized spacial score (nSPS) is 41.2. The molecule has 1 N–H and O–H groups in total. The topological polar surface area (TPSA) is 38.3 Å². The number of hydrogen-bond acceptors (Lipinski definition) is 3. The lowest BCUT2D eigenvalue weighted by atomic mass is 9.47. The van der Waals surface area contributed by atoms with Crippen LogP contribution in [0.15, 0.2) is 11.6 Å². The first-order valence-electron chi connectivity index (χ1n) is 14.7. The molecule has 0 amide bonds. The van der Waals surface area contributed by atoms with E-state index >= 15 is 0 Å². The van der Waals surface area contributed by atoms with E-state index in [1.54, 1.807) is 5.57 Å². The fourth-order valence-electron chi connectivity index (χ4n) is 9.14. The summed E-state index contributed by atoms with van der Waals surface area (Å²) in [7, 11) is 1.82. The summed E-state index contributed by atoms with van der Waals surface area (Å²) >= 11 is 0. The Kier molecular flexibility index (Phi) is 7.92. The van der Waals surface area contributed by atoms with E-state index in [4.69, 9.17) is 4.74 Å². The second-order valence-corrected chi connectivity index (χ2v) is 13.6. The summed E-state index contributed by atoms with van der Waals surface area (Å²) in [5, 5.41) is 3.02. The van der Waals surface area contributed by atoms with Crippen molar-refractivity contribution in [3.8, 4) is 0 Å². The second kappa shape index (κ2) is 10.3. The Morgan fingerprint density at radius 1 is 1.06 bits per heavy atom. The average molecular weight is 472 g/mol. The van der Waals surface area contributed by atoms with Crippen LogP contribution in [0.25, 0.3) is 0 Å². The number of likely N-dealkylation sites (N-methyl/N-ethyl adjacent to an activating group) is 1. The van der Waals surface area contributed by atoms with Gasteiger partial charge in [0.2, 0.25) is 0 Å². The van der Waals surface area contributed by atoms with E-state index in [0.717, 1.165) is 48.3 Å². The summed E-state index contributed by atoms with van der Waals surface area (Å²) in [5.41, 5.74) is 2.48. The number of fused-ring (bicyclic) bond motifs is 5. The molecule has 7 unspecified atom stereocenters. The molecule has 3 nitrogen and oxygen atoms in total. The van der Waals surface area contributed by atoms with Gasteiger partial charge in [0.25, 0.3) is 0 Å². The Hall–Kier alpha value is -0.830. The summed E-state index contributed by atoms with van der Waals surface area (Å²) in [5.74, 6) is 5.14. The number of carbonyl (C=O) groups excluding carboxylic acids is 1. The molecule has 3 heteroatoms. The highest BCUT2D eigenvalue weighted by Gasteiger charge is 2.59. The van der Waals surface area contributed by atoms with Crippen LogP contribution in [0.1, 0.15) is 112 Å². The number of ether oxygens (including phenoxy) is 1. The molecule has 0 spiro atoms. The van der Waals surface area contributed by atoms with Crippen molar-refractivity contribution in [2.24, 2.45) is 46.3 Å². The molecule has 4 aliphatic carbocycles. The Bertz CT molecular complexity index is 759. The predicted molar refractivity (Wildman–Crippen MR) is 141 cm³/mol. The van der Waals surface area contributed by atoms with Crippen molar-refractivity contribution < 1.29 is 9.53 Å². The lowest BCUT2D eigenvalue weighted by molar-refractivity contribution is -0.153. The third kappa shape index (κ3) is 4.76. The highest BCUT2D eigenvalue weighted by Crippen LogP contribution is 2.67. The van der Waals surface area contributed by atoms with Crippen molar-refractivity contribution in [1.29, 1.82) is 0 Å². The van der Waals surface area contributed by atoms with Crippen LogP contribution in [0.2, 0.25) is 0 Å². The predicted octanol–water partition coefficient (Wildman–Crippen LogP) is 7.55. The van der Waals surface area contributed by atoms with Crippen molar-refractivity contribution in [3.05, 3.63) is 11.6 Å². The van der Waals surface area contributed by atoms with E-state index < -0.39 is 0 Å². The van der Waals surface area contributed by atoms with Gasteiger partial charge in [-0.25, -0.2) is 0 Å². The molecule has 3 fully saturated rings. The van der Waals surface area contributed by atoms with Gasteiger partial charge in [0.1, 0.15) is 12.1 Å². The molecule has 4 aliphatic rings. The number of esters is 1. The third-order valence-electron chi connectivity index (χ3n) is 11.3. The SMILES string of the molecule is CNC(C)C(=O)OC1CCC2(C)C(=CCC3C2CCC2(C)C3CC[C@@H]2[C@H](C)CCCC(C)C)C1. The molecule has 0 aromatic heterocycles. The van der Waals surface area contributed by atoms with Crippen molar-refractivity contribution in [2.75, 3.05) is 7.05 Å². The average Bonchev–Trinajstić information content (AvgIpc) is 3.15. The zero-order valence-electron chi connectivity index (χ0n) is 23.3. The second-order valence-electron chi connectivity index (χ2n) is 13.6. The van der Waals surface area contributed by atoms with Crippen LogP contribution in [-0.4, -0.2) is 25.2 Å². The van der Waals surface area contributed by atoms with Crippen LogP contribution in [-0.2, 0) is 9.53 Å². The molecule has 194 valence electrons. The first-order chi connectivity index (χ1) is 16.1. The molecule has 0 radical (unpaired) electrons. The smallest absolute Gasteiger partial charge is 0.323 e. The van der Waals surface area contributed by atoms with E-state index in [-0.39, 0.29) is 18.1 Å². The Morgan fingerprint density at radius 2 is 1.82 bits per heavy atom. The van der Waals surface area contributed by atoms with Gasteiger partial charge in [-0.05, 0) is 105 Å². The van der Waals surface area contributed by atoms with E-state index in [9.17, 15) is 4.79 Å². The van der Waals surface area contributed by atoms with Gasteiger partial charge in [-0.2, -0.15) is 0 Å². The van der Waals surface area contributed by atoms with Crippen LogP contribution < -0.4 is 5.32 Å². The number of rotatable bonds is 8. The monoisotopic (exact) mass is 471 g/mol. The molecule has 4 rings (SSSR count). The van der Waals surface area contributed by atoms with Crippen molar-refractivity contribution in [3.63, 3.8) is 0 Å². The van der Waals surface area contributed by atoms with Crippen LogP contribution in [0.5, 0.6) is 0 Å². The minimum Gasteiger partial charge on any atom is -0.461 e. The van der Waals surface area contributed by atoms with Gasteiger partial charge in [-0.3, -0.25) is 4.79 Å². The first kappa shape index (κ1) is 26.2. The maximum atomic E-state index is 12.4. The minimum atomic E-state index is -0.225. The van der Waals surface area contributed by atoms with Gasteiger partial charge in [-0.1, -0.05) is 65.5 Å². The van der Waals surface area contributed by atoms with Crippen molar-refractivity contribution >= 4 is 5.97 Å². The van der Waals surface area contributed by atoms with Crippen molar-refractivity contribution in [1.82, 2.24) is 5.32 Å². The van der Waals surface area contributed by atoms with E-state index in [1.165, 1.54) is 57.8 Å². The van der Waals surface area contributed by atoms with Gasteiger partial charge >= 0.3 is 5.97 Å². The van der Waals surface area contributed by atoms with E-state index in [1.807, 2.05) is 14.0 Å². The van der Waals surface area contributed by atoms with Gasteiger partial charge in [0.15, 0.2) is 0 Å². The lowest BCUT2D eigenvalue weighted by Gasteiger charge is -2.58. The molecule has 0 aromatic rings. The van der Waals surface area contributed by atoms with Gasteiger partial charge in [-0.15, -0.1) is 0 Å². The molecule has 0 heterocycles. The molecule has 0 bridgehead atoms. The highest BCUT2D eigenvalue weighted by molar-refractivity contribution is 5.75. The largest absolute Gasteiger partial charge is 0.461 e. The fourth-order valence-corrected chi connectivity index (χ4v) is 9.14. The van der Waals surface area contributed by atoms with Gasteiger partial charge < -0.3 is 10.1 Å². The van der Waals surface area contributed by atoms with Crippen molar-refractivity contribution in [2.45, 2.75) is 124 Å². The van der Waals surface area contributed by atoms with E-state index in [2.05, 4.69) is 46.0 Å². The van der Waals surface area contributed by atoms with Crippen LogP contribution in [0, 0.1) is 46.3 Å². The molecular formula is C31H53NO2. The Balaban J connectivity index is 1.43. The first-order valence-corrected chi connectivity index (χ1v) is 14.7. The number of hydrogen-bond donors (Lipinski definition) is 1. The van der Waals surface area contributed by atoms with Gasteiger partial charge in [0, 0.05) is 6.42 Å². The summed E-state index contributed by atoms with van der Waals surface area (Å²) < 4.78 is 5.90. The zero-order chi connectivity index (χ0) is 24.7. The number of carbonyl (C=O) groups is 1. The maximum absolute atomic E-state index is 12.4. The minimum absolute atomic E-state index is 0.0654. The molecule has 34 heavy (non-hydrogen) atoms. The molecular weight excluding hydrogens is 418 g/mol. The summed E-state index contributed by atoms with van der Waals surface area (Å²) in [4.78, 5) is 12.4. The lowest BCUT2D eigenvalue weighted by Crippen LogP contribution is -2.51. The molecule has 0 saturated heterocycles. The maximum Gasteiger partial charge on any atom is 0.323 e. The highest BCUT2D eigenvalue weighted by atomic mass is 16.5. The molecule has 3 saturated carbocycles. The van der Waals surface area contributed by atoms with Crippen LogP contribution >= 0.6 is 0 Å². The summed E-state index contributed by atoms with van der Waals surface area (Å²) in [6.45, 7) is 14.4. The summed E-state index contributed by atoms with van der Waals surface area (Å²) in [6, 6.07) is -0.225.